The average Bonchev–Trinajstić information content (AvgIpc) is 2.55. The van der Waals surface area contributed by atoms with E-state index in [1.165, 1.54) is 6.92 Å². The molecule has 0 spiro atoms. The molecule has 3 N–H and O–H groups in total. The zero-order valence-corrected chi connectivity index (χ0v) is 9.40. The van der Waals surface area contributed by atoms with Crippen molar-refractivity contribution in [2.24, 2.45) is 5.92 Å². The van der Waals surface area contributed by atoms with Gasteiger partial charge < -0.3 is 20.3 Å². The highest BCUT2D eigenvalue weighted by Gasteiger charge is 2.40. The van der Waals surface area contributed by atoms with Crippen LogP contribution in [-0.2, 0) is 14.3 Å². The Kier molecular flexibility index (Phi) is 3.88. The van der Waals surface area contributed by atoms with Crippen molar-refractivity contribution >= 4 is 11.9 Å². The third-order valence-electron chi connectivity index (χ3n) is 2.99. The summed E-state index contributed by atoms with van der Waals surface area (Å²) in [6, 6.07) is 0. The summed E-state index contributed by atoms with van der Waals surface area (Å²) in [5.41, 5.74) is -1.09. The quantitative estimate of drug-likeness (QED) is 0.559. The zero-order valence-electron chi connectivity index (χ0n) is 9.40. The van der Waals surface area contributed by atoms with E-state index in [1.807, 2.05) is 0 Å². The highest BCUT2D eigenvalue weighted by Crippen LogP contribution is 2.24. The minimum atomic E-state index is -1.18. The Balaban J connectivity index is 2.45. The van der Waals surface area contributed by atoms with Crippen LogP contribution >= 0.6 is 0 Å². The molecule has 0 aromatic heterocycles. The molecule has 1 rings (SSSR count). The van der Waals surface area contributed by atoms with Gasteiger partial charge in [-0.2, -0.15) is 0 Å². The van der Waals surface area contributed by atoms with Gasteiger partial charge in [0.25, 0.3) is 0 Å². The molecule has 1 saturated heterocycles. The molecule has 92 valence electrons. The first kappa shape index (κ1) is 12.9. The summed E-state index contributed by atoms with van der Waals surface area (Å²) in [7, 11) is 0. The molecule has 0 radical (unpaired) electrons. The molecule has 3 unspecified atom stereocenters. The van der Waals surface area contributed by atoms with Gasteiger partial charge in [0.1, 0.15) is 11.5 Å². The minimum Gasteiger partial charge on any atom is -0.481 e. The highest BCUT2D eigenvalue weighted by molar-refractivity contribution is 5.96. The summed E-state index contributed by atoms with van der Waals surface area (Å²) in [5, 5.41) is 21.1. The molecule has 1 amide bonds. The summed E-state index contributed by atoms with van der Waals surface area (Å²) >= 11 is 0. The van der Waals surface area contributed by atoms with Crippen molar-refractivity contribution < 1.29 is 24.5 Å². The molecule has 1 aliphatic heterocycles. The predicted molar refractivity (Wildman–Crippen MR) is 54.8 cm³/mol. The number of carbonyl (C=O) groups is 2. The van der Waals surface area contributed by atoms with Gasteiger partial charge in [0.05, 0.1) is 6.10 Å². The number of aliphatic hydroxyl groups is 1. The summed E-state index contributed by atoms with van der Waals surface area (Å²) in [4.78, 5) is 21.9. The molecule has 0 aromatic carbocycles. The number of nitrogens with one attached hydrogen (secondary N) is 1. The summed E-state index contributed by atoms with van der Waals surface area (Å²) in [6.45, 7) is 3.49. The molecule has 0 aromatic rings. The van der Waals surface area contributed by atoms with Crippen molar-refractivity contribution in [1.29, 1.82) is 0 Å². The lowest BCUT2D eigenvalue weighted by Crippen LogP contribution is -2.49. The Bertz CT molecular complexity index is 293. The highest BCUT2D eigenvalue weighted by atomic mass is 16.5. The lowest BCUT2D eigenvalue weighted by atomic mass is 9.96. The number of ether oxygens (including phenoxy) is 1. The van der Waals surface area contributed by atoms with Crippen LogP contribution in [-0.4, -0.2) is 46.9 Å². The average molecular weight is 231 g/mol. The van der Waals surface area contributed by atoms with Gasteiger partial charge in [-0.05, 0) is 13.8 Å². The maximum atomic E-state index is 11.3. The van der Waals surface area contributed by atoms with Crippen molar-refractivity contribution in [1.82, 2.24) is 5.32 Å². The fraction of sp³-hybridized carbons (Fsp3) is 0.800. The van der Waals surface area contributed by atoms with Crippen LogP contribution < -0.4 is 5.32 Å². The predicted octanol–water partition coefficient (Wildman–Crippen LogP) is -0.637. The first-order chi connectivity index (χ1) is 7.37. The van der Waals surface area contributed by atoms with E-state index < -0.39 is 23.4 Å². The molecule has 0 aliphatic carbocycles. The fourth-order valence-corrected chi connectivity index (χ4v) is 1.51. The lowest BCUT2D eigenvalue weighted by Gasteiger charge is -2.26. The maximum Gasteiger partial charge on any atom is 0.315 e. The van der Waals surface area contributed by atoms with Gasteiger partial charge in [-0.3, -0.25) is 9.59 Å². The molecular formula is C10H17NO5. The maximum absolute atomic E-state index is 11.3. The zero-order chi connectivity index (χ0) is 12.3. The fourth-order valence-electron chi connectivity index (χ4n) is 1.51. The second-order valence-electron chi connectivity index (χ2n) is 4.14. The monoisotopic (exact) mass is 231 g/mol. The van der Waals surface area contributed by atoms with Crippen LogP contribution in [0.1, 0.15) is 20.3 Å². The van der Waals surface area contributed by atoms with E-state index in [0.717, 1.165) is 0 Å². The molecule has 0 saturated carbocycles. The molecular weight excluding hydrogens is 214 g/mol. The molecule has 1 heterocycles. The number of carboxylic acid groups (broad SMARTS) is 1. The minimum absolute atomic E-state index is 0.0185. The Morgan fingerprint density at radius 1 is 1.62 bits per heavy atom. The number of carbonyl (C=O) groups excluding carboxylic acids is 1. The van der Waals surface area contributed by atoms with Crippen LogP contribution in [0.3, 0.4) is 0 Å². The molecule has 0 bridgehead atoms. The number of aliphatic carboxylic acids is 1. The normalized spacial score (nSPS) is 31.1. The van der Waals surface area contributed by atoms with E-state index in [0.29, 0.717) is 13.0 Å². The largest absolute Gasteiger partial charge is 0.481 e. The second kappa shape index (κ2) is 4.80. The van der Waals surface area contributed by atoms with E-state index in [1.54, 1.807) is 6.92 Å². The van der Waals surface area contributed by atoms with Gasteiger partial charge >= 0.3 is 5.97 Å². The van der Waals surface area contributed by atoms with Crippen molar-refractivity contribution in [2.45, 2.75) is 32.0 Å². The first-order valence-corrected chi connectivity index (χ1v) is 5.21. The first-order valence-electron chi connectivity index (χ1n) is 5.21. The topological polar surface area (TPSA) is 95.9 Å². The standard InChI is InChI=1S/C10H17NO5/c1-6(9(13)14)8(12)11-5-10(15)3-4-16-7(10)2/h6-7,15H,3-5H2,1-2H3,(H,11,12)(H,13,14). The van der Waals surface area contributed by atoms with Crippen LogP contribution in [0.4, 0.5) is 0 Å². The van der Waals surface area contributed by atoms with Crippen LogP contribution in [0.25, 0.3) is 0 Å². The van der Waals surface area contributed by atoms with Crippen molar-refractivity contribution in [3.63, 3.8) is 0 Å². The van der Waals surface area contributed by atoms with Gasteiger partial charge in [-0.1, -0.05) is 0 Å². The van der Waals surface area contributed by atoms with Crippen molar-refractivity contribution in [3.05, 3.63) is 0 Å². The summed E-state index contributed by atoms with van der Waals surface area (Å²) < 4.78 is 5.19. The number of amides is 1. The SMILES string of the molecule is CC(C(=O)O)C(=O)NCC1(O)CCOC1C. The van der Waals surface area contributed by atoms with Gasteiger partial charge in [-0.15, -0.1) is 0 Å². The van der Waals surface area contributed by atoms with Crippen LogP contribution in [0.15, 0.2) is 0 Å². The smallest absolute Gasteiger partial charge is 0.315 e. The van der Waals surface area contributed by atoms with E-state index in [2.05, 4.69) is 5.32 Å². The molecule has 6 nitrogen and oxygen atoms in total. The molecule has 3 atom stereocenters. The Morgan fingerprint density at radius 2 is 2.25 bits per heavy atom. The number of carboxylic acids is 1. The molecule has 1 fully saturated rings. The van der Waals surface area contributed by atoms with Gasteiger partial charge in [0.15, 0.2) is 0 Å². The summed E-state index contributed by atoms with van der Waals surface area (Å²) in [5.74, 6) is -2.89. The van der Waals surface area contributed by atoms with Gasteiger partial charge in [-0.25, -0.2) is 0 Å². The number of hydrogen-bond donors (Lipinski definition) is 3. The number of rotatable bonds is 4. The van der Waals surface area contributed by atoms with E-state index in [-0.39, 0.29) is 12.6 Å². The molecule has 1 aliphatic rings. The van der Waals surface area contributed by atoms with Crippen LogP contribution in [0, 0.1) is 5.92 Å². The third-order valence-corrected chi connectivity index (χ3v) is 2.99. The van der Waals surface area contributed by atoms with E-state index in [4.69, 9.17) is 9.84 Å². The lowest BCUT2D eigenvalue weighted by molar-refractivity contribution is -0.146. The third kappa shape index (κ3) is 2.70. The van der Waals surface area contributed by atoms with Crippen LogP contribution in [0.2, 0.25) is 0 Å². The van der Waals surface area contributed by atoms with Gasteiger partial charge in [0.2, 0.25) is 5.91 Å². The second-order valence-corrected chi connectivity index (χ2v) is 4.14. The Hall–Kier alpha value is -1.14. The molecule has 16 heavy (non-hydrogen) atoms. The number of hydrogen-bond acceptors (Lipinski definition) is 4. The van der Waals surface area contributed by atoms with Crippen molar-refractivity contribution in [3.8, 4) is 0 Å². The van der Waals surface area contributed by atoms with Crippen molar-refractivity contribution in [2.75, 3.05) is 13.2 Å². The molecule has 6 heteroatoms. The van der Waals surface area contributed by atoms with Gasteiger partial charge in [0, 0.05) is 19.6 Å². The van der Waals surface area contributed by atoms with E-state index >= 15 is 0 Å². The van der Waals surface area contributed by atoms with E-state index in [9.17, 15) is 14.7 Å². The Morgan fingerprint density at radius 3 is 2.69 bits per heavy atom. The summed E-state index contributed by atoms with van der Waals surface area (Å²) in [6.07, 6.45) is 0.0866. The van der Waals surface area contributed by atoms with Crippen LogP contribution in [0.5, 0.6) is 0 Å². The Labute approximate surface area is 93.6 Å².